The highest BCUT2D eigenvalue weighted by atomic mass is 14.8. The highest BCUT2D eigenvalue weighted by molar-refractivity contribution is 6.43. The summed E-state index contributed by atoms with van der Waals surface area (Å²) in [6.07, 6.45) is 10.6. The molecule has 0 aliphatic heterocycles. The normalized spacial score (nSPS) is 12.5. The van der Waals surface area contributed by atoms with Crippen LogP contribution < -0.4 is 0 Å². The summed E-state index contributed by atoms with van der Waals surface area (Å²) in [4.78, 5) is 10.4. The number of nitrogens with zero attached hydrogens (tertiary/aromatic N) is 2. The summed E-state index contributed by atoms with van der Waals surface area (Å²) in [6, 6.07) is 13.2. The molecule has 0 aliphatic rings. The van der Waals surface area contributed by atoms with Gasteiger partial charge in [-0.15, -0.1) is 0 Å². The van der Waals surface area contributed by atoms with E-state index in [1.807, 2.05) is 0 Å². The van der Waals surface area contributed by atoms with E-state index in [0.717, 1.165) is 24.2 Å². The van der Waals surface area contributed by atoms with E-state index in [2.05, 4.69) is 77.9 Å². The Kier molecular flexibility index (Phi) is 10.7. The summed E-state index contributed by atoms with van der Waals surface area (Å²) >= 11 is 0. The van der Waals surface area contributed by atoms with Gasteiger partial charge in [0.2, 0.25) is 0 Å². The smallest absolute Gasteiger partial charge is 0.0639 e. The first-order valence-electron chi connectivity index (χ1n) is 12.2. The lowest BCUT2D eigenvalue weighted by atomic mass is 10.0. The molecule has 0 amide bonds. The summed E-state index contributed by atoms with van der Waals surface area (Å²) in [7, 11) is 0. The largest absolute Gasteiger partial charge is 0.252 e. The molecule has 0 atom stereocenters. The molecular weight excluding hydrogens is 376 g/mol. The number of benzene rings is 2. The molecule has 0 heterocycles. The van der Waals surface area contributed by atoms with Crippen molar-refractivity contribution in [1.29, 1.82) is 0 Å². The van der Waals surface area contributed by atoms with Gasteiger partial charge in [-0.1, -0.05) is 58.1 Å². The SMILES string of the molecule is CCCCCCC(=Nc1cc(C)cc(C)c1)C(CCCCC)=Nc1cc(C)cc(C)c1. The molecule has 0 aliphatic carbocycles. The molecule has 168 valence electrons. The molecule has 31 heavy (non-hydrogen) atoms. The quantitative estimate of drug-likeness (QED) is 0.242. The molecular formula is C29H42N2. The third-order valence-corrected chi connectivity index (χ3v) is 5.56. The molecule has 0 radical (unpaired) electrons. The predicted octanol–water partition coefficient (Wildman–Crippen LogP) is 9.32. The first-order valence-corrected chi connectivity index (χ1v) is 12.2. The number of aryl methyl sites for hydroxylation is 4. The van der Waals surface area contributed by atoms with Gasteiger partial charge in [0.1, 0.15) is 0 Å². The van der Waals surface area contributed by atoms with E-state index in [1.165, 1.54) is 78.6 Å². The lowest BCUT2D eigenvalue weighted by Crippen LogP contribution is -2.14. The molecule has 2 aromatic rings. The highest BCUT2D eigenvalue weighted by Crippen LogP contribution is 2.23. The molecule has 0 saturated carbocycles. The highest BCUT2D eigenvalue weighted by Gasteiger charge is 2.11. The average Bonchev–Trinajstić information content (AvgIpc) is 2.68. The van der Waals surface area contributed by atoms with Gasteiger partial charge >= 0.3 is 0 Å². The van der Waals surface area contributed by atoms with Crippen molar-refractivity contribution in [3.05, 3.63) is 58.7 Å². The van der Waals surface area contributed by atoms with Crippen molar-refractivity contribution in [2.75, 3.05) is 0 Å². The number of hydrogen-bond acceptors (Lipinski definition) is 2. The fraction of sp³-hybridized carbons (Fsp3) is 0.517. The van der Waals surface area contributed by atoms with Gasteiger partial charge in [0.05, 0.1) is 22.8 Å². The van der Waals surface area contributed by atoms with Crippen molar-refractivity contribution in [1.82, 2.24) is 0 Å². The van der Waals surface area contributed by atoms with Gasteiger partial charge in [0.25, 0.3) is 0 Å². The molecule has 0 saturated heterocycles. The lowest BCUT2D eigenvalue weighted by Gasteiger charge is -2.13. The molecule has 2 aromatic carbocycles. The van der Waals surface area contributed by atoms with Crippen LogP contribution >= 0.6 is 0 Å². The van der Waals surface area contributed by atoms with E-state index in [-0.39, 0.29) is 0 Å². The molecule has 2 heteroatoms. The number of aliphatic imine (C=N–C) groups is 2. The summed E-state index contributed by atoms with van der Waals surface area (Å²) < 4.78 is 0. The van der Waals surface area contributed by atoms with Gasteiger partial charge in [0.15, 0.2) is 0 Å². The molecule has 0 fully saturated rings. The maximum Gasteiger partial charge on any atom is 0.0639 e. The van der Waals surface area contributed by atoms with Crippen molar-refractivity contribution in [2.45, 2.75) is 99.3 Å². The van der Waals surface area contributed by atoms with Crippen LogP contribution in [0.25, 0.3) is 0 Å². The van der Waals surface area contributed by atoms with Gasteiger partial charge < -0.3 is 0 Å². The van der Waals surface area contributed by atoms with Crippen molar-refractivity contribution >= 4 is 22.8 Å². The van der Waals surface area contributed by atoms with E-state index in [1.54, 1.807) is 0 Å². The first-order chi connectivity index (χ1) is 14.9. The van der Waals surface area contributed by atoms with Crippen LogP contribution in [-0.4, -0.2) is 11.4 Å². The predicted molar refractivity (Wildman–Crippen MR) is 139 cm³/mol. The zero-order valence-electron chi connectivity index (χ0n) is 20.7. The summed E-state index contributed by atoms with van der Waals surface area (Å²) in [5.74, 6) is 0. The molecule has 2 rings (SSSR count). The minimum Gasteiger partial charge on any atom is -0.252 e. The second-order valence-corrected chi connectivity index (χ2v) is 9.08. The van der Waals surface area contributed by atoms with Crippen LogP contribution in [0.2, 0.25) is 0 Å². The van der Waals surface area contributed by atoms with Crippen LogP contribution in [0, 0.1) is 27.7 Å². The molecule has 0 unspecified atom stereocenters. The monoisotopic (exact) mass is 418 g/mol. The first kappa shape index (κ1) is 25.0. The van der Waals surface area contributed by atoms with Crippen LogP contribution in [-0.2, 0) is 0 Å². The number of unbranched alkanes of at least 4 members (excludes halogenated alkanes) is 5. The molecule has 0 N–H and O–H groups in total. The average molecular weight is 419 g/mol. The minimum absolute atomic E-state index is 0.998. The van der Waals surface area contributed by atoms with Crippen molar-refractivity contribution in [2.24, 2.45) is 9.98 Å². The van der Waals surface area contributed by atoms with Crippen LogP contribution in [0.5, 0.6) is 0 Å². The van der Waals surface area contributed by atoms with Crippen LogP contribution in [0.4, 0.5) is 11.4 Å². The Bertz CT molecular complexity index is 849. The van der Waals surface area contributed by atoms with E-state index in [0.29, 0.717) is 0 Å². The fourth-order valence-corrected chi connectivity index (χ4v) is 4.13. The van der Waals surface area contributed by atoms with Gasteiger partial charge in [-0.25, -0.2) is 0 Å². The summed E-state index contributed by atoms with van der Waals surface area (Å²) in [5, 5.41) is 0. The second-order valence-electron chi connectivity index (χ2n) is 9.08. The minimum atomic E-state index is 0.998. The Morgan fingerprint density at radius 3 is 1.26 bits per heavy atom. The van der Waals surface area contributed by atoms with Crippen molar-refractivity contribution in [3.63, 3.8) is 0 Å². The maximum absolute atomic E-state index is 5.18. The lowest BCUT2D eigenvalue weighted by molar-refractivity contribution is 0.683. The zero-order chi connectivity index (χ0) is 22.6. The zero-order valence-corrected chi connectivity index (χ0v) is 20.7. The third kappa shape index (κ3) is 9.21. The third-order valence-electron chi connectivity index (χ3n) is 5.56. The van der Waals surface area contributed by atoms with Crippen molar-refractivity contribution in [3.8, 4) is 0 Å². The Morgan fingerprint density at radius 2 is 0.871 bits per heavy atom. The molecule has 0 spiro atoms. The van der Waals surface area contributed by atoms with Crippen molar-refractivity contribution < 1.29 is 0 Å². The Labute approximate surface area is 190 Å². The van der Waals surface area contributed by atoms with Gasteiger partial charge in [-0.3, -0.25) is 9.98 Å². The van der Waals surface area contributed by atoms with Gasteiger partial charge in [-0.05, 0) is 99.9 Å². The van der Waals surface area contributed by atoms with E-state index in [4.69, 9.17) is 9.98 Å². The summed E-state index contributed by atoms with van der Waals surface area (Å²) in [5.41, 5.74) is 9.54. The van der Waals surface area contributed by atoms with E-state index >= 15 is 0 Å². The molecule has 2 nitrogen and oxygen atoms in total. The van der Waals surface area contributed by atoms with E-state index in [9.17, 15) is 0 Å². The van der Waals surface area contributed by atoms with Crippen LogP contribution in [0.15, 0.2) is 46.4 Å². The molecule has 0 aromatic heterocycles. The number of hydrogen-bond donors (Lipinski definition) is 0. The Balaban J connectivity index is 2.46. The number of rotatable bonds is 12. The Morgan fingerprint density at radius 1 is 0.516 bits per heavy atom. The maximum atomic E-state index is 5.18. The van der Waals surface area contributed by atoms with E-state index < -0.39 is 0 Å². The molecule has 0 bridgehead atoms. The van der Waals surface area contributed by atoms with Gasteiger partial charge in [-0.2, -0.15) is 0 Å². The summed E-state index contributed by atoms with van der Waals surface area (Å²) in [6.45, 7) is 13.1. The van der Waals surface area contributed by atoms with Crippen LogP contribution in [0.3, 0.4) is 0 Å². The second kappa shape index (κ2) is 13.2. The Hall–Kier alpha value is -2.22. The standard InChI is InChI=1S/C29H42N2/c1-7-9-11-13-15-29(31-27-20-24(5)17-25(6)21-27)28(14-12-10-8-2)30-26-18-22(3)16-23(4)19-26/h16-21H,7-15H2,1-6H3. The fourth-order valence-electron chi connectivity index (χ4n) is 4.13. The van der Waals surface area contributed by atoms with Crippen LogP contribution in [0.1, 0.15) is 93.9 Å². The van der Waals surface area contributed by atoms with Gasteiger partial charge in [0, 0.05) is 0 Å². The topological polar surface area (TPSA) is 24.7 Å².